The molecule has 0 radical (unpaired) electrons. The third kappa shape index (κ3) is 65.5. The van der Waals surface area contributed by atoms with Crippen molar-refractivity contribution < 1.29 is 39.6 Å². The number of hydrogen-bond donors (Lipinski definition) is 4. The lowest BCUT2D eigenvalue weighted by molar-refractivity contribution is -0.138. The molecule has 0 aromatic rings. The fourth-order valence-corrected chi connectivity index (χ4v) is 1.91. The number of hydrogen-bond acceptors (Lipinski definition) is 4. The SMILES string of the molecule is CCCCC(=O)O.CCCCCC(=O)O.CCCCCC(=O)O.CCCCCC(=O)O. The Balaban J connectivity index is -0.000000157. The molecule has 0 amide bonds. The van der Waals surface area contributed by atoms with Crippen LogP contribution in [0.4, 0.5) is 0 Å². The maximum absolute atomic E-state index is 9.87. The quantitative estimate of drug-likeness (QED) is 0.215. The highest BCUT2D eigenvalue weighted by Crippen LogP contribution is 1.98. The van der Waals surface area contributed by atoms with Gasteiger partial charge in [0, 0.05) is 25.7 Å². The molecule has 0 aliphatic carbocycles. The number of rotatable bonds is 15. The smallest absolute Gasteiger partial charge is 0.303 e. The van der Waals surface area contributed by atoms with E-state index in [1.807, 2.05) is 6.92 Å². The standard InChI is InChI=1S/3C6H12O2.C5H10O2/c3*1-2-3-4-5-6(7)8;1-2-3-4-5(6)7/h3*2-5H2,1H3,(H,7,8);2-4H2,1H3,(H,6,7). The van der Waals surface area contributed by atoms with Crippen LogP contribution in [0.25, 0.3) is 0 Å². The van der Waals surface area contributed by atoms with Crippen molar-refractivity contribution in [2.45, 2.75) is 124 Å². The van der Waals surface area contributed by atoms with Gasteiger partial charge in [-0.15, -0.1) is 0 Å². The summed E-state index contributed by atoms with van der Waals surface area (Å²) in [5.41, 5.74) is 0. The van der Waals surface area contributed by atoms with E-state index < -0.39 is 23.9 Å². The minimum atomic E-state index is -0.693. The summed E-state index contributed by atoms with van der Waals surface area (Å²) < 4.78 is 0. The monoisotopic (exact) mass is 450 g/mol. The molecule has 4 N–H and O–H groups in total. The molecule has 0 fully saturated rings. The first-order valence-electron chi connectivity index (χ1n) is 11.5. The second kappa shape index (κ2) is 32.5. The van der Waals surface area contributed by atoms with Crippen molar-refractivity contribution in [3.05, 3.63) is 0 Å². The largest absolute Gasteiger partial charge is 0.481 e. The van der Waals surface area contributed by atoms with E-state index >= 15 is 0 Å². The van der Waals surface area contributed by atoms with Crippen LogP contribution < -0.4 is 0 Å². The summed E-state index contributed by atoms with van der Waals surface area (Å²) in [5.74, 6) is -2.74. The first-order valence-corrected chi connectivity index (χ1v) is 11.5. The molecule has 0 spiro atoms. The normalized spacial score (nSPS) is 9.03. The molecular formula is C23H46O8. The first kappa shape index (κ1) is 36.3. The zero-order valence-corrected chi connectivity index (χ0v) is 20.0. The zero-order valence-electron chi connectivity index (χ0n) is 20.0. The van der Waals surface area contributed by atoms with E-state index in [4.69, 9.17) is 20.4 Å². The Bertz CT molecular complexity index is 374. The van der Waals surface area contributed by atoms with Crippen molar-refractivity contribution in [3.63, 3.8) is 0 Å². The van der Waals surface area contributed by atoms with Gasteiger partial charge in [-0.2, -0.15) is 0 Å². The van der Waals surface area contributed by atoms with Crippen LogP contribution in [0.2, 0.25) is 0 Å². The lowest BCUT2D eigenvalue weighted by atomic mass is 10.2. The molecule has 8 nitrogen and oxygen atoms in total. The Morgan fingerprint density at radius 3 is 0.710 bits per heavy atom. The molecule has 8 heteroatoms. The highest BCUT2D eigenvalue weighted by atomic mass is 16.4. The van der Waals surface area contributed by atoms with Crippen LogP contribution in [0.1, 0.15) is 124 Å². The summed E-state index contributed by atoms with van der Waals surface area (Å²) in [4.78, 5) is 39.4. The predicted molar refractivity (Wildman–Crippen MR) is 122 cm³/mol. The van der Waals surface area contributed by atoms with Gasteiger partial charge in [0.1, 0.15) is 0 Å². The molecule has 0 unspecified atom stereocenters. The van der Waals surface area contributed by atoms with E-state index in [1.165, 1.54) is 0 Å². The van der Waals surface area contributed by atoms with E-state index in [2.05, 4.69) is 20.8 Å². The number of carbonyl (C=O) groups is 4. The van der Waals surface area contributed by atoms with Gasteiger partial charge in [0.25, 0.3) is 0 Å². The van der Waals surface area contributed by atoms with E-state index in [-0.39, 0.29) is 0 Å². The Labute approximate surface area is 188 Å². The molecular weight excluding hydrogens is 404 g/mol. The predicted octanol–water partition coefficient (Wildman–Crippen LogP) is 6.22. The second-order valence-corrected chi connectivity index (χ2v) is 7.05. The van der Waals surface area contributed by atoms with Crippen molar-refractivity contribution in [2.75, 3.05) is 0 Å². The van der Waals surface area contributed by atoms with Gasteiger partial charge in [-0.25, -0.2) is 0 Å². The number of carboxylic acids is 4. The van der Waals surface area contributed by atoms with Crippen LogP contribution in [0.5, 0.6) is 0 Å². The van der Waals surface area contributed by atoms with Crippen molar-refractivity contribution in [2.24, 2.45) is 0 Å². The highest BCUT2D eigenvalue weighted by Gasteiger charge is 1.94. The van der Waals surface area contributed by atoms with Gasteiger partial charge in [-0.3, -0.25) is 19.2 Å². The lowest BCUT2D eigenvalue weighted by Gasteiger charge is -1.89. The summed E-state index contributed by atoms with van der Waals surface area (Å²) in [5, 5.41) is 32.5. The molecule has 0 aromatic carbocycles. The van der Waals surface area contributed by atoms with Gasteiger partial charge < -0.3 is 20.4 Å². The third-order valence-corrected chi connectivity index (χ3v) is 3.73. The number of aliphatic carboxylic acids is 4. The maximum Gasteiger partial charge on any atom is 0.303 e. The molecule has 0 heterocycles. The second-order valence-electron chi connectivity index (χ2n) is 7.05. The fraction of sp³-hybridized carbons (Fsp3) is 0.826. The van der Waals surface area contributed by atoms with Crippen molar-refractivity contribution >= 4 is 23.9 Å². The average Bonchev–Trinajstić information content (AvgIpc) is 2.68. The third-order valence-electron chi connectivity index (χ3n) is 3.73. The van der Waals surface area contributed by atoms with Crippen LogP contribution in [0.15, 0.2) is 0 Å². The molecule has 0 aliphatic heterocycles. The number of unbranched alkanes of at least 4 members (excludes halogenated alkanes) is 7. The van der Waals surface area contributed by atoms with Gasteiger partial charge in [-0.1, -0.05) is 72.6 Å². The lowest BCUT2D eigenvalue weighted by Crippen LogP contribution is -1.92. The zero-order chi connectivity index (χ0) is 24.9. The van der Waals surface area contributed by atoms with Gasteiger partial charge >= 0.3 is 23.9 Å². The van der Waals surface area contributed by atoms with E-state index in [1.54, 1.807) is 0 Å². The van der Waals surface area contributed by atoms with Gasteiger partial charge in [0.05, 0.1) is 0 Å². The molecule has 0 aliphatic rings. The Kier molecular flexibility index (Phi) is 38.1. The highest BCUT2D eigenvalue weighted by molar-refractivity contribution is 5.67. The van der Waals surface area contributed by atoms with Gasteiger partial charge in [0.15, 0.2) is 0 Å². The molecule has 0 atom stereocenters. The molecule has 0 rings (SSSR count). The summed E-state index contributed by atoms with van der Waals surface area (Å²) in [6.45, 7) is 8.15. The summed E-state index contributed by atoms with van der Waals surface area (Å²) in [7, 11) is 0. The number of carboxylic acid groups (broad SMARTS) is 4. The van der Waals surface area contributed by atoms with Crippen LogP contribution >= 0.6 is 0 Å². The molecule has 31 heavy (non-hydrogen) atoms. The molecule has 0 saturated carbocycles. The van der Waals surface area contributed by atoms with Crippen LogP contribution in [-0.4, -0.2) is 44.3 Å². The van der Waals surface area contributed by atoms with E-state index in [0.717, 1.165) is 70.6 Å². The van der Waals surface area contributed by atoms with Gasteiger partial charge in [-0.05, 0) is 25.7 Å². The summed E-state index contributed by atoms with van der Waals surface area (Å²) in [6.07, 6.45) is 11.9. The Morgan fingerprint density at radius 1 is 0.387 bits per heavy atom. The molecule has 186 valence electrons. The van der Waals surface area contributed by atoms with E-state index in [9.17, 15) is 19.2 Å². The average molecular weight is 451 g/mol. The van der Waals surface area contributed by atoms with E-state index in [0.29, 0.717) is 25.7 Å². The minimum Gasteiger partial charge on any atom is -0.481 e. The Hall–Kier alpha value is -2.12. The van der Waals surface area contributed by atoms with Crippen LogP contribution in [0.3, 0.4) is 0 Å². The van der Waals surface area contributed by atoms with Crippen LogP contribution in [0, 0.1) is 0 Å². The molecule has 0 bridgehead atoms. The maximum atomic E-state index is 9.87. The Morgan fingerprint density at radius 2 is 0.581 bits per heavy atom. The summed E-state index contributed by atoms with van der Waals surface area (Å²) in [6, 6.07) is 0. The first-order chi connectivity index (χ1) is 14.6. The van der Waals surface area contributed by atoms with Crippen molar-refractivity contribution in [1.29, 1.82) is 0 Å². The van der Waals surface area contributed by atoms with Gasteiger partial charge in [0.2, 0.25) is 0 Å². The molecule has 0 aromatic heterocycles. The van der Waals surface area contributed by atoms with Crippen molar-refractivity contribution in [3.8, 4) is 0 Å². The topological polar surface area (TPSA) is 149 Å². The van der Waals surface area contributed by atoms with Crippen molar-refractivity contribution in [1.82, 2.24) is 0 Å². The summed E-state index contributed by atoms with van der Waals surface area (Å²) >= 11 is 0. The van der Waals surface area contributed by atoms with Crippen LogP contribution in [-0.2, 0) is 19.2 Å². The molecule has 0 saturated heterocycles. The fourth-order valence-electron chi connectivity index (χ4n) is 1.91. The minimum absolute atomic E-state index is 0.316.